The minimum atomic E-state index is 0.746. The van der Waals surface area contributed by atoms with E-state index in [0.717, 1.165) is 44.3 Å². The molecular weight excluding hydrogens is 260 g/mol. The summed E-state index contributed by atoms with van der Waals surface area (Å²) in [6.07, 6.45) is 0. The maximum Gasteiger partial charge on any atom is 0.133 e. The van der Waals surface area contributed by atoms with Crippen molar-refractivity contribution in [3.8, 4) is 0 Å². The first-order valence-corrected chi connectivity index (χ1v) is 8.10. The molecule has 0 atom stereocenters. The van der Waals surface area contributed by atoms with Crippen LogP contribution in [-0.4, -0.2) is 49.7 Å². The number of piperazine rings is 1. The first-order valence-electron chi connectivity index (χ1n) is 8.10. The molecule has 1 aromatic rings. The van der Waals surface area contributed by atoms with Crippen molar-refractivity contribution in [3.05, 3.63) is 22.9 Å². The van der Waals surface area contributed by atoms with Gasteiger partial charge in [-0.3, -0.25) is 4.90 Å². The SMILES string of the molecule is CNCc1c(C)cc(C)nc1N1CCN(CC(C)C)CC1. The largest absolute Gasteiger partial charge is 0.354 e. The van der Waals surface area contributed by atoms with Gasteiger partial charge in [0.1, 0.15) is 5.82 Å². The number of nitrogens with one attached hydrogen (secondary N) is 1. The average molecular weight is 290 g/mol. The molecule has 1 aromatic heterocycles. The second-order valence-electron chi connectivity index (χ2n) is 6.59. The molecule has 1 N–H and O–H groups in total. The van der Waals surface area contributed by atoms with Gasteiger partial charge in [0.15, 0.2) is 0 Å². The quantitative estimate of drug-likeness (QED) is 0.901. The number of pyridine rings is 1. The minimum absolute atomic E-state index is 0.746. The van der Waals surface area contributed by atoms with Crippen molar-refractivity contribution in [1.29, 1.82) is 0 Å². The van der Waals surface area contributed by atoms with Gasteiger partial charge in [-0.2, -0.15) is 0 Å². The van der Waals surface area contributed by atoms with E-state index in [1.807, 2.05) is 7.05 Å². The summed E-state index contributed by atoms with van der Waals surface area (Å²) in [5.74, 6) is 1.93. The molecule has 2 heterocycles. The van der Waals surface area contributed by atoms with Gasteiger partial charge in [-0.25, -0.2) is 4.98 Å². The molecule has 0 spiro atoms. The minimum Gasteiger partial charge on any atom is -0.354 e. The van der Waals surface area contributed by atoms with Crippen molar-refractivity contribution in [2.45, 2.75) is 34.2 Å². The molecule has 0 unspecified atom stereocenters. The van der Waals surface area contributed by atoms with E-state index in [4.69, 9.17) is 4.98 Å². The molecule has 0 aliphatic carbocycles. The fourth-order valence-corrected chi connectivity index (χ4v) is 3.16. The van der Waals surface area contributed by atoms with E-state index in [-0.39, 0.29) is 0 Å². The number of nitrogens with zero attached hydrogens (tertiary/aromatic N) is 3. The van der Waals surface area contributed by atoms with Crippen LogP contribution >= 0.6 is 0 Å². The Morgan fingerprint density at radius 2 is 1.86 bits per heavy atom. The highest BCUT2D eigenvalue weighted by Gasteiger charge is 2.21. The van der Waals surface area contributed by atoms with E-state index < -0.39 is 0 Å². The number of anilines is 1. The summed E-state index contributed by atoms with van der Waals surface area (Å²) >= 11 is 0. The molecule has 1 fully saturated rings. The molecule has 118 valence electrons. The third kappa shape index (κ3) is 4.17. The highest BCUT2D eigenvalue weighted by molar-refractivity contribution is 5.52. The van der Waals surface area contributed by atoms with E-state index in [2.05, 4.69) is 48.9 Å². The maximum atomic E-state index is 4.83. The zero-order valence-corrected chi connectivity index (χ0v) is 14.2. The standard InChI is InChI=1S/C17H30N4/c1-13(2)12-20-6-8-21(9-7-20)17-16(11-18-5)14(3)10-15(4)19-17/h10,13,18H,6-9,11-12H2,1-5H3. The lowest BCUT2D eigenvalue weighted by atomic mass is 10.1. The molecule has 2 rings (SSSR count). The van der Waals surface area contributed by atoms with E-state index in [0.29, 0.717) is 0 Å². The first-order chi connectivity index (χ1) is 10.0. The zero-order valence-electron chi connectivity index (χ0n) is 14.2. The number of aryl methyl sites for hydroxylation is 2. The predicted molar refractivity (Wildman–Crippen MR) is 90.0 cm³/mol. The van der Waals surface area contributed by atoms with Gasteiger partial charge in [-0.15, -0.1) is 0 Å². The fraction of sp³-hybridized carbons (Fsp3) is 0.706. The van der Waals surface area contributed by atoms with E-state index >= 15 is 0 Å². The summed E-state index contributed by atoms with van der Waals surface area (Å²) in [6, 6.07) is 2.19. The molecular formula is C17H30N4. The van der Waals surface area contributed by atoms with Gasteiger partial charge < -0.3 is 10.2 Å². The molecule has 1 saturated heterocycles. The summed E-state index contributed by atoms with van der Waals surface area (Å²) < 4.78 is 0. The van der Waals surface area contributed by atoms with Gasteiger partial charge >= 0.3 is 0 Å². The number of hydrogen-bond donors (Lipinski definition) is 1. The van der Waals surface area contributed by atoms with Crippen LogP contribution in [-0.2, 0) is 6.54 Å². The summed E-state index contributed by atoms with van der Waals surface area (Å²) in [5.41, 5.74) is 3.81. The van der Waals surface area contributed by atoms with E-state index in [1.165, 1.54) is 23.5 Å². The molecule has 0 amide bonds. The molecule has 1 aliphatic heterocycles. The van der Waals surface area contributed by atoms with Crippen molar-refractivity contribution in [2.24, 2.45) is 5.92 Å². The van der Waals surface area contributed by atoms with Crippen molar-refractivity contribution in [2.75, 3.05) is 44.7 Å². The predicted octanol–water partition coefficient (Wildman–Crippen LogP) is 2.20. The van der Waals surface area contributed by atoms with E-state index in [9.17, 15) is 0 Å². The lowest BCUT2D eigenvalue weighted by Crippen LogP contribution is -2.48. The summed E-state index contributed by atoms with van der Waals surface area (Å²) in [7, 11) is 2.00. The molecule has 4 heteroatoms. The van der Waals surface area contributed by atoms with Crippen molar-refractivity contribution in [1.82, 2.24) is 15.2 Å². The van der Waals surface area contributed by atoms with Gasteiger partial charge in [0.2, 0.25) is 0 Å². The van der Waals surface area contributed by atoms with Gasteiger partial charge in [0.25, 0.3) is 0 Å². The molecule has 0 radical (unpaired) electrons. The fourth-order valence-electron chi connectivity index (χ4n) is 3.16. The Hall–Kier alpha value is -1.13. The Balaban J connectivity index is 2.12. The van der Waals surface area contributed by atoms with Gasteiger partial charge in [0, 0.05) is 50.5 Å². The summed E-state index contributed by atoms with van der Waals surface area (Å²) in [5, 5.41) is 3.28. The van der Waals surface area contributed by atoms with Crippen LogP contribution in [0.5, 0.6) is 0 Å². The van der Waals surface area contributed by atoms with Crippen LogP contribution in [0, 0.1) is 19.8 Å². The highest BCUT2D eigenvalue weighted by Crippen LogP contribution is 2.24. The second-order valence-corrected chi connectivity index (χ2v) is 6.59. The van der Waals surface area contributed by atoms with Crippen LogP contribution in [0.25, 0.3) is 0 Å². The molecule has 1 aliphatic rings. The lowest BCUT2D eigenvalue weighted by Gasteiger charge is -2.37. The van der Waals surface area contributed by atoms with E-state index in [1.54, 1.807) is 0 Å². The van der Waals surface area contributed by atoms with Crippen LogP contribution in [0.4, 0.5) is 5.82 Å². The van der Waals surface area contributed by atoms with Crippen LogP contribution < -0.4 is 10.2 Å². The smallest absolute Gasteiger partial charge is 0.133 e. The number of hydrogen-bond acceptors (Lipinski definition) is 4. The average Bonchev–Trinajstić information content (AvgIpc) is 2.42. The normalized spacial score (nSPS) is 16.8. The third-order valence-electron chi connectivity index (χ3n) is 4.10. The van der Waals surface area contributed by atoms with Crippen LogP contribution in [0.2, 0.25) is 0 Å². The molecule has 0 aromatic carbocycles. The Morgan fingerprint density at radius 3 is 2.43 bits per heavy atom. The van der Waals surface area contributed by atoms with Crippen molar-refractivity contribution < 1.29 is 0 Å². The Kier molecular flexibility index (Phi) is 5.59. The topological polar surface area (TPSA) is 31.4 Å². The number of aromatic nitrogens is 1. The Morgan fingerprint density at radius 1 is 1.19 bits per heavy atom. The Labute approximate surface area is 129 Å². The van der Waals surface area contributed by atoms with Crippen LogP contribution in [0.1, 0.15) is 30.7 Å². The van der Waals surface area contributed by atoms with Gasteiger partial charge in [0.05, 0.1) is 0 Å². The van der Waals surface area contributed by atoms with Crippen molar-refractivity contribution in [3.63, 3.8) is 0 Å². The van der Waals surface area contributed by atoms with Crippen LogP contribution in [0.15, 0.2) is 6.07 Å². The lowest BCUT2D eigenvalue weighted by molar-refractivity contribution is 0.230. The zero-order chi connectivity index (χ0) is 15.4. The monoisotopic (exact) mass is 290 g/mol. The third-order valence-corrected chi connectivity index (χ3v) is 4.10. The van der Waals surface area contributed by atoms with Crippen molar-refractivity contribution >= 4 is 5.82 Å². The highest BCUT2D eigenvalue weighted by atomic mass is 15.3. The molecule has 4 nitrogen and oxygen atoms in total. The van der Waals surface area contributed by atoms with Gasteiger partial charge in [-0.1, -0.05) is 13.8 Å². The van der Waals surface area contributed by atoms with Gasteiger partial charge in [-0.05, 0) is 38.4 Å². The molecule has 0 bridgehead atoms. The van der Waals surface area contributed by atoms with Crippen LogP contribution in [0.3, 0.4) is 0 Å². The second kappa shape index (κ2) is 7.23. The summed E-state index contributed by atoms with van der Waals surface area (Å²) in [6.45, 7) is 15.4. The first kappa shape index (κ1) is 16.2. The maximum absolute atomic E-state index is 4.83. The molecule has 21 heavy (non-hydrogen) atoms. The Bertz CT molecular complexity index is 462. The number of rotatable bonds is 5. The summed E-state index contributed by atoms with van der Waals surface area (Å²) in [4.78, 5) is 9.86. The molecule has 0 saturated carbocycles.